The van der Waals surface area contributed by atoms with E-state index in [-0.39, 0.29) is 5.75 Å². The lowest BCUT2D eigenvalue weighted by atomic mass is 9.70. The Bertz CT molecular complexity index is 1110. The van der Waals surface area contributed by atoms with Gasteiger partial charge < -0.3 is 5.11 Å². The molecular formula is C28H25NO. The number of nitrogens with zero attached hydrogens (tertiary/aromatic N) is 1. The molecule has 0 aromatic heterocycles. The Balaban J connectivity index is 2.00. The Hall–Kier alpha value is -3.65. The fourth-order valence-corrected chi connectivity index (χ4v) is 4.16. The van der Waals surface area contributed by atoms with E-state index in [1.807, 2.05) is 60.7 Å². The van der Waals surface area contributed by atoms with Crippen molar-refractivity contribution in [2.75, 3.05) is 7.05 Å². The third kappa shape index (κ3) is 3.42. The van der Waals surface area contributed by atoms with Gasteiger partial charge in [-0.25, -0.2) is 0 Å². The van der Waals surface area contributed by atoms with Crippen LogP contribution in [0.3, 0.4) is 0 Å². The van der Waals surface area contributed by atoms with Crippen LogP contribution in [0, 0.1) is 0 Å². The van der Waals surface area contributed by atoms with Crippen LogP contribution in [0.15, 0.2) is 108 Å². The van der Waals surface area contributed by atoms with E-state index >= 15 is 0 Å². The lowest BCUT2D eigenvalue weighted by Crippen LogP contribution is -2.25. The summed E-state index contributed by atoms with van der Waals surface area (Å²) in [4.78, 5) is 4.24. The normalized spacial score (nSPS) is 11.7. The highest BCUT2D eigenvalue weighted by atomic mass is 16.3. The molecule has 0 amide bonds. The summed E-state index contributed by atoms with van der Waals surface area (Å²) in [6.07, 6.45) is 1.75. The fraction of sp³-hybridized carbons (Fsp3) is 0.107. The van der Waals surface area contributed by atoms with E-state index in [2.05, 4.69) is 54.4 Å². The molecule has 2 nitrogen and oxygen atoms in total. The molecule has 0 aliphatic heterocycles. The van der Waals surface area contributed by atoms with Crippen LogP contribution in [0.2, 0.25) is 0 Å². The van der Waals surface area contributed by atoms with Gasteiger partial charge in [0, 0.05) is 29.8 Å². The first kappa shape index (κ1) is 19.7. The Morgan fingerprint density at radius 1 is 0.700 bits per heavy atom. The van der Waals surface area contributed by atoms with E-state index in [1.54, 1.807) is 13.3 Å². The molecule has 148 valence electrons. The molecule has 0 saturated carbocycles. The van der Waals surface area contributed by atoms with Gasteiger partial charge in [0.15, 0.2) is 0 Å². The number of phenols is 1. The highest BCUT2D eigenvalue weighted by molar-refractivity contribution is 5.94. The monoisotopic (exact) mass is 391 g/mol. The van der Waals surface area contributed by atoms with Gasteiger partial charge >= 0.3 is 0 Å². The molecule has 0 heterocycles. The Morgan fingerprint density at radius 2 is 1.20 bits per heavy atom. The maximum Gasteiger partial charge on any atom is 0.129 e. The first-order valence-electron chi connectivity index (χ1n) is 10.1. The number of hydrogen-bond acceptors (Lipinski definition) is 2. The molecule has 0 spiro atoms. The van der Waals surface area contributed by atoms with Gasteiger partial charge in [-0.1, -0.05) is 103 Å². The van der Waals surface area contributed by atoms with Crippen molar-refractivity contribution in [3.05, 3.63) is 125 Å². The van der Waals surface area contributed by atoms with E-state index in [4.69, 9.17) is 0 Å². The van der Waals surface area contributed by atoms with Crippen molar-refractivity contribution in [3.63, 3.8) is 0 Å². The van der Waals surface area contributed by atoms with Gasteiger partial charge in [-0.3, -0.25) is 4.99 Å². The van der Waals surface area contributed by atoms with E-state index < -0.39 is 5.41 Å². The van der Waals surface area contributed by atoms with Crippen LogP contribution in [-0.2, 0) is 5.41 Å². The minimum atomic E-state index is -0.516. The van der Waals surface area contributed by atoms with Crippen LogP contribution in [-0.4, -0.2) is 18.4 Å². The summed E-state index contributed by atoms with van der Waals surface area (Å²) in [6, 6.07) is 34.9. The molecule has 4 aromatic rings. The molecule has 0 aliphatic rings. The second kappa shape index (κ2) is 8.38. The van der Waals surface area contributed by atoms with Crippen LogP contribution in [0.5, 0.6) is 5.75 Å². The zero-order chi connectivity index (χ0) is 21.0. The third-order valence-corrected chi connectivity index (χ3v) is 5.80. The molecule has 4 rings (SSSR count). The van der Waals surface area contributed by atoms with E-state index in [9.17, 15) is 5.11 Å². The zero-order valence-corrected chi connectivity index (χ0v) is 17.3. The van der Waals surface area contributed by atoms with Crippen molar-refractivity contribution in [3.8, 4) is 16.9 Å². The van der Waals surface area contributed by atoms with Crippen LogP contribution < -0.4 is 0 Å². The quantitative estimate of drug-likeness (QED) is 0.307. The molecule has 1 N–H and O–H groups in total. The van der Waals surface area contributed by atoms with Gasteiger partial charge in [-0.2, -0.15) is 0 Å². The number of phenolic OH excluding ortho intramolecular Hbond substituents is 1. The minimum absolute atomic E-state index is 0.261. The molecule has 30 heavy (non-hydrogen) atoms. The molecule has 0 saturated heterocycles. The van der Waals surface area contributed by atoms with E-state index in [0.717, 1.165) is 33.4 Å². The van der Waals surface area contributed by atoms with Crippen LogP contribution in [0.4, 0.5) is 0 Å². The average Bonchev–Trinajstić information content (AvgIpc) is 2.81. The Labute approximate surface area is 178 Å². The fourth-order valence-electron chi connectivity index (χ4n) is 4.16. The summed E-state index contributed by atoms with van der Waals surface area (Å²) >= 11 is 0. The van der Waals surface area contributed by atoms with Crippen molar-refractivity contribution in [1.29, 1.82) is 0 Å². The molecular weight excluding hydrogens is 366 g/mol. The maximum atomic E-state index is 11.5. The first-order valence-corrected chi connectivity index (χ1v) is 10.1. The number of hydrogen-bond donors (Lipinski definition) is 1. The molecule has 0 unspecified atom stereocenters. The Kier molecular flexibility index (Phi) is 5.49. The molecule has 4 aromatic carbocycles. The summed E-state index contributed by atoms with van der Waals surface area (Å²) in [7, 11) is 1.73. The predicted molar refractivity (Wildman–Crippen MR) is 126 cm³/mol. The van der Waals surface area contributed by atoms with Crippen LogP contribution >= 0.6 is 0 Å². The predicted octanol–water partition coefficient (Wildman–Crippen LogP) is 6.46. The minimum Gasteiger partial charge on any atom is -0.507 e. The van der Waals surface area contributed by atoms with Gasteiger partial charge in [0.25, 0.3) is 0 Å². The zero-order valence-electron chi connectivity index (χ0n) is 17.3. The summed E-state index contributed by atoms with van der Waals surface area (Å²) in [6.45, 7) is 2.17. The molecule has 2 heteroatoms. The second-order valence-electron chi connectivity index (χ2n) is 7.53. The molecule has 0 atom stereocenters. The van der Waals surface area contributed by atoms with Crippen molar-refractivity contribution in [1.82, 2.24) is 0 Å². The van der Waals surface area contributed by atoms with Crippen LogP contribution in [0.25, 0.3) is 11.1 Å². The summed E-state index contributed by atoms with van der Waals surface area (Å²) in [5.41, 5.74) is 5.34. The SMILES string of the molecule is CN=Cc1c(-c2ccccc2)ccc(C(C)(c2ccccc2)c2ccccc2)c1O. The van der Waals surface area contributed by atoms with Crippen molar-refractivity contribution in [2.24, 2.45) is 4.99 Å². The molecule has 0 aliphatic carbocycles. The number of rotatable bonds is 5. The lowest BCUT2D eigenvalue weighted by Gasteiger charge is -2.33. The van der Waals surface area contributed by atoms with Gasteiger partial charge in [0.2, 0.25) is 0 Å². The Morgan fingerprint density at radius 3 is 1.70 bits per heavy atom. The van der Waals surface area contributed by atoms with Crippen molar-refractivity contribution < 1.29 is 5.11 Å². The van der Waals surface area contributed by atoms with Gasteiger partial charge in [0.1, 0.15) is 5.75 Å². The molecule has 0 bridgehead atoms. The van der Waals surface area contributed by atoms with Gasteiger partial charge in [-0.05, 0) is 29.2 Å². The summed E-state index contributed by atoms with van der Waals surface area (Å²) in [5, 5.41) is 11.5. The van der Waals surface area contributed by atoms with Crippen LogP contribution in [0.1, 0.15) is 29.2 Å². The highest BCUT2D eigenvalue weighted by Gasteiger charge is 2.34. The van der Waals surface area contributed by atoms with Crippen molar-refractivity contribution in [2.45, 2.75) is 12.3 Å². The molecule has 0 fully saturated rings. The standard InChI is InChI=1S/C28H25NO/c1-28(22-14-8-4-9-15-22,23-16-10-5-11-17-23)26-19-18-24(21-12-6-3-7-13-21)25(20-29-2)27(26)30/h3-20,30H,1-2H3. The lowest BCUT2D eigenvalue weighted by molar-refractivity contribution is 0.457. The smallest absolute Gasteiger partial charge is 0.129 e. The average molecular weight is 392 g/mol. The highest BCUT2D eigenvalue weighted by Crippen LogP contribution is 2.45. The van der Waals surface area contributed by atoms with Gasteiger partial charge in [0.05, 0.1) is 0 Å². The summed E-state index contributed by atoms with van der Waals surface area (Å²) in [5.74, 6) is 0.261. The number of aromatic hydroxyl groups is 1. The van der Waals surface area contributed by atoms with E-state index in [0.29, 0.717) is 0 Å². The number of aliphatic imine (C=N–C) groups is 1. The van der Waals surface area contributed by atoms with Crippen molar-refractivity contribution >= 4 is 6.21 Å². The molecule has 0 radical (unpaired) electrons. The first-order chi connectivity index (χ1) is 14.7. The topological polar surface area (TPSA) is 32.6 Å². The van der Waals surface area contributed by atoms with E-state index in [1.165, 1.54) is 0 Å². The van der Waals surface area contributed by atoms with Gasteiger partial charge in [-0.15, -0.1) is 0 Å². The third-order valence-electron chi connectivity index (χ3n) is 5.80. The largest absolute Gasteiger partial charge is 0.507 e. The second-order valence-corrected chi connectivity index (χ2v) is 7.53. The maximum absolute atomic E-state index is 11.5. The number of benzene rings is 4. The summed E-state index contributed by atoms with van der Waals surface area (Å²) < 4.78 is 0.